The first-order chi connectivity index (χ1) is 7.14. The van der Waals surface area contributed by atoms with Crippen LogP contribution in [0.4, 0.5) is 5.69 Å². The topological polar surface area (TPSA) is 59.1 Å². The molecule has 0 aromatic carbocycles. The molecule has 0 radical (unpaired) electrons. The summed E-state index contributed by atoms with van der Waals surface area (Å²) in [6.07, 6.45) is 4.33. The Bertz CT molecular complexity index is 380. The van der Waals surface area contributed by atoms with Gasteiger partial charge in [0.25, 0.3) is 0 Å². The summed E-state index contributed by atoms with van der Waals surface area (Å²) in [4.78, 5) is 3.82. The molecule has 1 N–H and O–H groups in total. The first kappa shape index (κ1) is 12.3. The van der Waals surface area contributed by atoms with Crippen molar-refractivity contribution in [3.63, 3.8) is 0 Å². The van der Waals surface area contributed by atoms with Gasteiger partial charge in [0.2, 0.25) is 10.0 Å². The van der Waals surface area contributed by atoms with Crippen molar-refractivity contribution in [1.29, 1.82) is 0 Å². The number of halogens is 1. The second-order valence-corrected chi connectivity index (χ2v) is 5.28. The van der Waals surface area contributed by atoms with E-state index in [1.54, 1.807) is 18.3 Å². The van der Waals surface area contributed by atoms with Crippen molar-refractivity contribution in [3.8, 4) is 0 Å². The minimum absolute atomic E-state index is 0.0919. The van der Waals surface area contributed by atoms with Gasteiger partial charge in [0.1, 0.15) is 0 Å². The van der Waals surface area contributed by atoms with Crippen LogP contribution in [-0.2, 0) is 10.0 Å². The fourth-order valence-corrected chi connectivity index (χ4v) is 2.40. The molecule has 0 spiro atoms. The predicted molar refractivity (Wildman–Crippen MR) is 61.6 cm³/mol. The second-order valence-electron chi connectivity index (χ2n) is 3.06. The van der Waals surface area contributed by atoms with Crippen LogP contribution in [0.2, 0.25) is 0 Å². The average molecular weight is 249 g/mol. The summed E-state index contributed by atoms with van der Waals surface area (Å²) in [6, 6.07) is 3.34. The van der Waals surface area contributed by atoms with Crippen LogP contribution in [0.1, 0.15) is 12.8 Å². The molecule has 84 valence electrons. The van der Waals surface area contributed by atoms with Crippen molar-refractivity contribution in [1.82, 2.24) is 4.98 Å². The molecule has 15 heavy (non-hydrogen) atoms. The minimum Gasteiger partial charge on any atom is -0.282 e. The van der Waals surface area contributed by atoms with Gasteiger partial charge < -0.3 is 0 Å². The number of nitrogens with one attached hydrogen (secondary N) is 1. The first-order valence-electron chi connectivity index (χ1n) is 4.60. The van der Waals surface area contributed by atoms with Gasteiger partial charge in [-0.25, -0.2) is 8.42 Å². The average Bonchev–Trinajstić information content (AvgIpc) is 2.18. The van der Waals surface area contributed by atoms with Gasteiger partial charge in [-0.05, 0) is 25.0 Å². The molecular formula is C9H13ClN2O2S. The summed E-state index contributed by atoms with van der Waals surface area (Å²) in [7, 11) is -3.26. The lowest BCUT2D eigenvalue weighted by molar-refractivity contribution is 0.598. The molecule has 6 heteroatoms. The molecule has 1 aromatic rings. The first-order valence-corrected chi connectivity index (χ1v) is 6.79. The normalized spacial score (nSPS) is 11.3. The number of nitrogens with zero attached hydrogens (tertiary/aromatic N) is 1. The predicted octanol–water partition coefficient (Wildman–Crippen LogP) is 1.84. The number of rotatable bonds is 6. The van der Waals surface area contributed by atoms with E-state index in [4.69, 9.17) is 11.6 Å². The number of aromatic nitrogens is 1. The number of anilines is 1. The van der Waals surface area contributed by atoms with Gasteiger partial charge >= 0.3 is 0 Å². The van der Waals surface area contributed by atoms with Gasteiger partial charge in [-0.3, -0.25) is 9.71 Å². The number of hydrogen-bond donors (Lipinski definition) is 1. The van der Waals surface area contributed by atoms with Crippen molar-refractivity contribution >= 4 is 27.3 Å². The summed E-state index contributed by atoms with van der Waals surface area (Å²) in [6.45, 7) is 0. The van der Waals surface area contributed by atoms with Crippen LogP contribution < -0.4 is 4.72 Å². The van der Waals surface area contributed by atoms with E-state index in [1.807, 2.05) is 0 Å². The van der Waals surface area contributed by atoms with Crippen LogP contribution >= 0.6 is 11.6 Å². The molecule has 4 nitrogen and oxygen atoms in total. The summed E-state index contributed by atoms with van der Waals surface area (Å²) < 4.78 is 25.4. The van der Waals surface area contributed by atoms with Gasteiger partial charge in [-0.2, -0.15) is 0 Å². The Morgan fingerprint density at radius 2 is 2.20 bits per heavy atom. The third-order valence-corrected chi connectivity index (χ3v) is 3.37. The summed E-state index contributed by atoms with van der Waals surface area (Å²) in [5, 5.41) is 0. The van der Waals surface area contributed by atoms with Crippen LogP contribution in [0.15, 0.2) is 24.5 Å². The number of sulfonamides is 1. The molecule has 0 saturated carbocycles. The highest BCUT2D eigenvalue weighted by Crippen LogP contribution is 2.07. The molecule has 0 amide bonds. The van der Waals surface area contributed by atoms with E-state index in [9.17, 15) is 8.42 Å². The van der Waals surface area contributed by atoms with E-state index < -0.39 is 10.0 Å². The maximum absolute atomic E-state index is 11.5. The maximum atomic E-state index is 11.5. The fraction of sp³-hybridized carbons (Fsp3) is 0.444. The van der Waals surface area contributed by atoms with Crippen molar-refractivity contribution in [2.75, 3.05) is 16.4 Å². The standard InChI is InChI=1S/C9H13ClN2O2S/c10-5-1-2-7-15(13,14)12-9-4-3-6-11-8-9/h3-4,6,8,12H,1-2,5,7H2. The Balaban J connectivity index is 2.50. The van der Waals surface area contributed by atoms with Crippen LogP contribution in [0.3, 0.4) is 0 Å². The number of unbranched alkanes of at least 4 members (excludes halogenated alkanes) is 1. The highest BCUT2D eigenvalue weighted by Gasteiger charge is 2.09. The molecular weight excluding hydrogens is 236 g/mol. The molecule has 0 saturated heterocycles. The molecule has 0 fully saturated rings. The smallest absolute Gasteiger partial charge is 0.232 e. The zero-order valence-corrected chi connectivity index (χ0v) is 9.76. The van der Waals surface area contributed by atoms with Crippen molar-refractivity contribution < 1.29 is 8.42 Å². The molecule has 0 aliphatic heterocycles. The minimum atomic E-state index is -3.26. The Morgan fingerprint density at radius 1 is 1.40 bits per heavy atom. The quantitative estimate of drug-likeness (QED) is 0.617. The zero-order chi connectivity index (χ0) is 11.1. The highest BCUT2D eigenvalue weighted by atomic mass is 35.5. The van der Waals surface area contributed by atoms with Gasteiger partial charge in [0.15, 0.2) is 0 Å². The van der Waals surface area contributed by atoms with Crippen molar-refractivity contribution in [3.05, 3.63) is 24.5 Å². The van der Waals surface area contributed by atoms with Crippen molar-refractivity contribution in [2.45, 2.75) is 12.8 Å². The van der Waals surface area contributed by atoms with Gasteiger partial charge in [0, 0.05) is 12.1 Å². The highest BCUT2D eigenvalue weighted by molar-refractivity contribution is 7.92. The molecule has 0 aliphatic carbocycles. The molecule has 1 heterocycles. The van der Waals surface area contributed by atoms with Gasteiger partial charge in [-0.15, -0.1) is 11.6 Å². The van der Waals surface area contributed by atoms with E-state index in [1.165, 1.54) is 6.20 Å². The fourth-order valence-electron chi connectivity index (χ4n) is 1.04. The van der Waals surface area contributed by atoms with Crippen molar-refractivity contribution in [2.24, 2.45) is 0 Å². The van der Waals surface area contributed by atoms with Crippen LogP contribution in [0.25, 0.3) is 0 Å². The molecule has 0 atom stereocenters. The zero-order valence-electron chi connectivity index (χ0n) is 8.19. The largest absolute Gasteiger partial charge is 0.282 e. The molecule has 0 bridgehead atoms. The molecule has 1 rings (SSSR count). The third kappa shape index (κ3) is 4.99. The Kier molecular flexibility index (Phi) is 4.84. The van der Waals surface area contributed by atoms with E-state index >= 15 is 0 Å². The van der Waals surface area contributed by atoms with Crippen LogP contribution in [0, 0.1) is 0 Å². The summed E-state index contributed by atoms with van der Waals surface area (Å²) >= 11 is 5.47. The Hall–Kier alpha value is -0.810. The monoisotopic (exact) mass is 248 g/mol. The van der Waals surface area contributed by atoms with E-state index in [2.05, 4.69) is 9.71 Å². The SMILES string of the molecule is O=S(=O)(CCCCCl)Nc1cccnc1. The number of pyridine rings is 1. The maximum Gasteiger partial charge on any atom is 0.232 e. The Morgan fingerprint density at radius 3 is 2.80 bits per heavy atom. The van der Waals surface area contributed by atoms with E-state index in [0.717, 1.165) is 0 Å². The van der Waals surface area contributed by atoms with E-state index in [-0.39, 0.29) is 5.75 Å². The van der Waals surface area contributed by atoms with Crippen LogP contribution in [0.5, 0.6) is 0 Å². The summed E-state index contributed by atoms with van der Waals surface area (Å²) in [5.74, 6) is 0.580. The second kappa shape index (κ2) is 5.92. The third-order valence-electron chi connectivity index (χ3n) is 1.73. The molecule has 1 aromatic heterocycles. The molecule has 0 aliphatic rings. The number of alkyl halides is 1. The molecule has 0 unspecified atom stereocenters. The Labute approximate surface area is 94.7 Å². The van der Waals surface area contributed by atoms with Crippen LogP contribution in [-0.4, -0.2) is 25.0 Å². The van der Waals surface area contributed by atoms with Gasteiger partial charge in [-0.1, -0.05) is 0 Å². The number of hydrogen-bond acceptors (Lipinski definition) is 3. The lowest BCUT2D eigenvalue weighted by Crippen LogP contribution is -2.16. The lowest BCUT2D eigenvalue weighted by Gasteiger charge is -2.06. The van der Waals surface area contributed by atoms with Gasteiger partial charge in [0.05, 0.1) is 17.6 Å². The summed E-state index contributed by atoms with van der Waals surface area (Å²) in [5.41, 5.74) is 0.489. The lowest BCUT2D eigenvalue weighted by atomic mass is 10.4. The van der Waals surface area contributed by atoms with E-state index in [0.29, 0.717) is 24.4 Å².